The monoisotopic (exact) mass is 388 g/mol. The van der Waals surface area contributed by atoms with E-state index in [2.05, 4.69) is 22.9 Å². The fourth-order valence-corrected chi connectivity index (χ4v) is 2.23. The highest BCUT2D eigenvalue weighted by Gasteiger charge is 2.09. The molecule has 0 radical (unpaired) electrons. The van der Waals surface area contributed by atoms with Crippen molar-refractivity contribution in [3.63, 3.8) is 0 Å². The molecule has 1 rings (SSSR count). The summed E-state index contributed by atoms with van der Waals surface area (Å²) in [7, 11) is 0. The molecule has 0 bridgehead atoms. The molecule has 0 fully saturated rings. The highest BCUT2D eigenvalue weighted by molar-refractivity contribution is 9.10. The summed E-state index contributed by atoms with van der Waals surface area (Å²) in [4.78, 5) is 23.0. The van der Waals surface area contributed by atoms with Crippen molar-refractivity contribution in [2.75, 3.05) is 6.61 Å². The normalized spacial score (nSPS) is 10.4. The predicted molar refractivity (Wildman–Crippen MR) is 88.2 cm³/mol. The second kappa shape index (κ2) is 11.2. The smallest absolute Gasteiger partial charge is 0.306 e. The summed E-state index contributed by atoms with van der Waals surface area (Å²) in [5, 5.41) is 0. The van der Waals surface area contributed by atoms with Crippen molar-refractivity contribution in [1.82, 2.24) is 0 Å². The molecular formula is C17H22BrFO4. The molecule has 0 amide bonds. The lowest BCUT2D eigenvalue weighted by atomic mass is 10.2. The van der Waals surface area contributed by atoms with Crippen molar-refractivity contribution in [2.24, 2.45) is 0 Å². The van der Waals surface area contributed by atoms with Gasteiger partial charge in [-0.25, -0.2) is 4.39 Å². The van der Waals surface area contributed by atoms with Gasteiger partial charge >= 0.3 is 11.9 Å². The number of unbranched alkanes of at least 4 members (excludes halogenated alkanes) is 2. The maximum absolute atomic E-state index is 13.1. The lowest BCUT2D eigenvalue weighted by molar-refractivity contribution is -0.146. The van der Waals surface area contributed by atoms with Crippen LogP contribution >= 0.6 is 15.9 Å². The van der Waals surface area contributed by atoms with Gasteiger partial charge in [-0.3, -0.25) is 9.59 Å². The van der Waals surface area contributed by atoms with Crippen molar-refractivity contribution < 1.29 is 23.5 Å². The number of carbonyl (C=O) groups is 2. The van der Waals surface area contributed by atoms with Crippen molar-refractivity contribution >= 4 is 27.9 Å². The first kappa shape index (κ1) is 19.6. The van der Waals surface area contributed by atoms with Crippen LogP contribution in [0, 0.1) is 5.82 Å². The second-order valence-electron chi connectivity index (χ2n) is 5.18. The Balaban J connectivity index is 2.17. The second-order valence-corrected chi connectivity index (χ2v) is 6.03. The van der Waals surface area contributed by atoms with Crippen molar-refractivity contribution in [3.05, 3.63) is 34.1 Å². The number of rotatable bonds is 10. The zero-order valence-corrected chi connectivity index (χ0v) is 14.9. The van der Waals surface area contributed by atoms with Gasteiger partial charge in [0, 0.05) is 22.9 Å². The van der Waals surface area contributed by atoms with Gasteiger partial charge in [-0.15, -0.1) is 0 Å². The highest BCUT2D eigenvalue weighted by atomic mass is 79.9. The quantitative estimate of drug-likeness (QED) is 0.436. The molecule has 1 aromatic rings. The highest BCUT2D eigenvalue weighted by Crippen LogP contribution is 2.19. The van der Waals surface area contributed by atoms with Gasteiger partial charge in [-0.1, -0.05) is 35.7 Å². The first-order chi connectivity index (χ1) is 11.0. The summed E-state index contributed by atoms with van der Waals surface area (Å²) in [5.41, 5.74) is 0.564. The van der Waals surface area contributed by atoms with Gasteiger partial charge in [0.2, 0.25) is 0 Å². The van der Waals surface area contributed by atoms with E-state index in [1.165, 1.54) is 12.1 Å². The summed E-state index contributed by atoms with van der Waals surface area (Å²) < 4.78 is 23.9. The number of halogens is 2. The molecule has 0 heterocycles. The average molecular weight is 389 g/mol. The molecule has 0 N–H and O–H groups in total. The van der Waals surface area contributed by atoms with E-state index in [1.807, 2.05) is 0 Å². The van der Waals surface area contributed by atoms with E-state index in [-0.39, 0.29) is 31.2 Å². The van der Waals surface area contributed by atoms with Gasteiger partial charge in [0.15, 0.2) is 0 Å². The molecule has 0 saturated carbocycles. The Morgan fingerprint density at radius 3 is 2.48 bits per heavy atom. The van der Waals surface area contributed by atoms with Crippen LogP contribution in [0.4, 0.5) is 4.39 Å². The van der Waals surface area contributed by atoms with Crippen molar-refractivity contribution in [3.8, 4) is 0 Å². The molecule has 4 nitrogen and oxygen atoms in total. The number of hydrogen-bond donors (Lipinski definition) is 0. The number of ether oxygens (including phenoxy) is 2. The van der Waals surface area contributed by atoms with Gasteiger partial charge in [-0.05, 0) is 31.0 Å². The zero-order chi connectivity index (χ0) is 17.1. The molecule has 0 unspecified atom stereocenters. The Labute approximate surface area is 144 Å². The largest absolute Gasteiger partial charge is 0.466 e. The van der Waals surface area contributed by atoms with E-state index in [4.69, 9.17) is 9.47 Å². The summed E-state index contributed by atoms with van der Waals surface area (Å²) in [6.07, 6.45) is 3.70. The summed E-state index contributed by atoms with van der Waals surface area (Å²) in [5.74, 6) is -1.09. The summed E-state index contributed by atoms with van der Waals surface area (Å²) >= 11 is 3.27. The van der Waals surface area contributed by atoms with E-state index in [0.717, 1.165) is 19.3 Å². The van der Waals surface area contributed by atoms with E-state index in [1.54, 1.807) is 6.07 Å². The first-order valence-electron chi connectivity index (χ1n) is 7.78. The number of hydrogen-bond acceptors (Lipinski definition) is 4. The fourth-order valence-electron chi connectivity index (χ4n) is 1.87. The van der Waals surface area contributed by atoms with Gasteiger partial charge in [-0.2, -0.15) is 0 Å². The van der Waals surface area contributed by atoms with E-state index >= 15 is 0 Å². The molecule has 0 atom stereocenters. The molecule has 0 aliphatic heterocycles. The van der Waals surface area contributed by atoms with Crippen LogP contribution in [0.25, 0.3) is 0 Å². The lowest BCUT2D eigenvalue weighted by Crippen LogP contribution is -2.09. The van der Waals surface area contributed by atoms with Crippen LogP contribution < -0.4 is 0 Å². The maximum Gasteiger partial charge on any atom is 0.306 e. The number of esters is 2. The summed E-state index contributed by atoms with van der Waals surface area (Å²) in [6.45, 7) is 2.51. The minimum absolute atomic E-state index is 0.00135. The summed E-state index contributed by atoms with van der Waals surface area (Å²) in [6, 6.07) is 4.19. The standard InChI is InChI=1S/C17H22BrFO4/c1-2-3-4-10-22-16(20)6-5-7-17(21)23-12-13-11-14(19)8-9-15(13)18/h8-9,11H,2-7,10,12H2,1H3. The van der Waals surface area contributed by atoms with Crippen LogP contribution in [0.1, 0.15) is 51.0 Å². The SMILES string of the molecule is CCCCCOC(=O)CCCC(=O)OCc1cc(F)ccc1Br. The molecule has 0 aliphatic carbocycles. The van der Waals surface area contributed by atoms with Crippen molar-refractivity contribution in [2.45, 2.75) is 52.1 Å². The van der Waals surface area contributed by atoms with Crippen LogP contribution in [0.5, 0.6) is 0 Å². The van der Waals surface area contributed by atoms with Crippen LogP contribution in [0.3, 0.4) is 0 Å². The van der Waals surface area contributed by atoms with E-state index in [0.29, 0.717) is 23.1 Å². The molecular weight excluding hydrogens is 367 g/mol. The minimum Gasteiger partial charge on any atom is -0.466 e. The van der Waals surface area contributed by atoms with E-state index < -0.39 is 5.97 Å². The predicted octanol–water partition coefficient (Wildman–Crippen LogP) is 4.54. The molecule has 1 aromatic carbocycles. The molecule has 0 saturated heterocycles. The van der Waals surface area contributed by atoms with Gasteiger partial charge in [0.25, 0.3) is 0 Å². The van der Waals surface area contributed by atoms with Crippen LogP contribution in [0.2, 0.25) is 0 Å². The third-order valence-corrected chi connectivity index (χ3v) is 3.94. The van der Waals surface area contributed by atoms with Crippen LogP contribution in [-0.4, -0.2) is 18.5 Å². The molecule has 0 spiro atoms. The van der Waals surface area contributed by atoms with Gasteiger partial charge in [0.1, 0.15) is 12.4 Å². The lowest BCUT2D eigenvalue weighted by Gasteiger charge is -2.07. The zero-order valence-electron chi connectivity index (χ0n) is 13.3. The van der Waals surface area contributed by atoms with Gasteiger partial charge < -0.3 is 9.47 Å². The molecule has 6 heteroatoms. The molecule has 23 heavy (non-hydrogen) atoms. The topological polar surface area (TPSA) is 52.6 Å². The Morgan fingerprint density at radius 1 is 1.09 bits per heavy atom. The third kappa shape index (κ3) is 8.69. The fraction of sp³-hybridized carbons (Fsp3) is 0.529. The van der Waals surface area contributed by atoms with Gasteiger partial charge in [0.05, 0.1) is 6.61 Å². The van der Waals surface area contributed by atoms with Crippen molar-refractivity contribution in [1.29, 1.82) is 0 Å². The Bertz CT molecular complexity index is 519. The average Bonchev–Trinajstić information content (AvgIpc) is 2.52. The molecule has 0 aromatic heterocycles. The third-order valence-electron chi connectivity index (χ3n) is 3.17. The first-order valence-corrected chi connectivity index (χ1v) is 8.57. The molecule has 0 aliphatic rings. The molecule has 128 valence electrons. The Kier molecular flexibility index (Phi) is 9.52. The maximum atomic E-state index is 13.1. The Morgan fingerprint density at radius 2 is 1.78 bits per heavy atom. The minimum atomic E-state index is -0.417. The van der Waals surface area contributed by atoms with Crippen LogP contribution in [0.15, 0.2) is 22.7 Å². The van der Waals surface area contributed by atoms with E-state index in [9.17, 15) is 14.0 Å². The van der Waals surface area contributed by atoms with Crippen LogP contribution in [-0.2, 0) is 25.7 Å². The Hall–Kier alpha value is -1.43. The number of carbonyl (C=O) groups excluding carboxylic acids is 2. The number of benzene rings is 1.